The number of ether oxygens (including phenoxy) is 1. The summed E-state index contributed by atoms with van der Waals surface area (Å²) in [5, 5.41) is 11.8. The van der Waals surface area contributed by atoms with Crippen molar-refractivity contribution >= 4 is 17.7 Å². The van der Waals surface area contributed by atoms with Crippen LogP contribution in [0.15, 0.2) is 54.6 Å². The maximum Gasteiger partial charge on any atom is 0.248 e. The largest absolute Gasteiger partial charge is 0.493 e. The fourth-order valence-electron chi connectivity index (χ4n) is 2.00. The molecule has 0 fully saturated rings. The van der Waals surface area contributed by atoms with Gasteiger partial charge in [0.1, 0.15) is 5.75 Å². The summed E-state index contributed by atoms with van der Waals surface area (Å²) in [4.78, 5) is 12.0. The van der Waals surface area contributed by atoms with E-state index in [9.17, 15) is 4.79 Å². The summed E-state index contributed by atoms with van der Waals surface area (Å²) in [7, 11) is 0. The molecule has 0 atom stereocenters. The maximum absolute atomic E-state index is 12.0. The third-order valence-electron chi connectivity index (χ3n) is 3.01. The minimum Gasteiger partial charge on any atom is -0.493 e. The van der Waals surface area contributed by atoms with Crippen LogP contribution in [0.5, 0.6) is 5.75 Å². The third kappa shape index (κ3) is 4.46. The van der Waals surface area contributed by atoms with Crippen LogP contribution in [-0.2, 0) is 11.4 Å². The molecule has 114 valence electrons. The highest BCUT2D eigenvalue weighted by Gasteiger charge is 2.01. The molecule has 0 aromatic heterocycles. The maximum atomic E-state index is 12.0. The summed E-state index contributed by atoms with van der Waals surface area (Å²) in [6.07, 6.45) is 3.18. The highest BCUT2D eigenvalue weighted by Crippen LogP contribution is 2.19. The summed E-state index contributed by atoms with van der Waals surface area (Å²) < 4.78 is 5.51. The first kappa shape index (κ1) is 15.8. The van der Waals surface area contributed by atoms with Gasteiger partial charge in [-0.1, -0.05) is 30.3 Å². The molecule has 0 aliphatic rings. The lowest BCUT2D eigenvalue weighted by molar-refractivity contribution is -0.111. The van der Waals surface area contributed by atoms with Crippen molar-refractivity contribution in [2.45, 2.75) is 13.5 Å². The van der Waals surface area contributed by atoms with Crippen LogP contribution < -0.4 is 10.1 Å². The number of nitrogens with one attached hydrogen (secondary N) is 1. The van der Waals surface area contributed by atoms with E-state index in [2.05, 4.69) is 5.32 Å². The molecule has 2 aromatic rings. The Morgan fingerprint density at radius 2 is 2.05 bits per heavy atom. The van der Waals surface area contributed by atoms with Gasteiger partial charge in [-0.05, 0) is 36.8 Å². The van der Waals surface area contributed by atoms with Crippen LogP contribution in [0.4, 0.5) is 5.69 Å². The molecule has 0 saturated heterocycles. The molecule has 4 heteroatoms. The van der Waals surface area contributed by atoms with E-state index in [1.165, 1.54) is 6.08 Å². The number of amides is 1. The molecule has 4 nitrogen and oxygen atoms in total. The van der Waals surface area contributed by atoms with Gasteiger partial charge in [0.2, 0.25) is 5.91 Å². The zero-order chi connectivity index (χ0) is 15.8. The highest BCUT2D eigenvalue weighted by molar-refractivity contribution is 6.02. The van der Waals surface area contributed by atoms with Gasteiger partial charge in [0.15, 0.2) is 0 Å². The molecular weight excluding hydrogens is 278 g/mol. The third-order valence-corrected chi connectivity index (χ3v) is 3.01. The van der Waals surface area contributed by atoms with Crippen LogP contribution in [0.2, 0.25) is 0 Å². The summed E-state index contributed by atoms with van der Waals surface area (Å²) in [5.41, 5.74) is 2.26. The number of carbonyl (C=O) groups is 1. The zero-order valence-corrected chi connectivity index (χ0v) is 12.5. The fraction of sp³-hybridized carbons (Fsp3) is 0.167. The van der Waals surface area contributed by atoms with E-state index in [0.717, 1.165) is 16.9 Å². The molecule has 0 bridgehead atoms. The minimum absolute atomic E-state index is 0.0543. The van der Waals surface area contributed by atoms with Gasteiger partial charge in [-0.25, -0.2) is 0 Å². The second-order valence-corrected chi connectivity index (χ2v) is 4.65. The quantitative estimate of drug-likeness (QED) is 0.805. The number of benzene rings is 2. The normalized spacial score (nSPS) is 10.6. The average Bonchev–Trinajstić information content (AvgIpc) is 2.54. The number of rotatable bonds is 6. The van der Waals surface area contributed by atoms with Gasteiger partial charge in [0.25, 0.3) is 0 Å². The first-order chi connectivity index (χ1) is 10.7. The topological polar surface area (TPSA) is 58.6 Å². The first-order valence-corrected chi connectivity index (χ1v) is 7.13. The van der Waals surface area contributed by atoms with Crippen molar-refractivity contribution < 1.29 is 14.6 Å². The average molecular weight is 297 g/mol. The summed E-state index contributed by atoms with van der Waals surface area (Å²) in [5.74, 6) is 0.512. The predicted octanol–water partition coefficient (Wildman–Crippen LogP) is 3.23. The molecule has 2 N–H and O–H groups in total. The number of carbonyl (C=O) groups excluding carboxylic acids is 1. The molecular formula is C18H19NO3. The lowest BCUT2D eigenvalue weighted by Gasteiger charge is -2.06. The number of para-hydroxylation sites is 1. The van der Waals surface area contributed by atoms with E-state index in [0.29, 0.717) is 12.3 Å². The van der Waals surface area contributed by atoms with Crippen molar-refractivity contribution in [1.29, 1.82) is 0 Å². The Bertz CT molecular complexity index is 665. The van der Waals surface area contributed by atoms with Crippen molar-refractivity contribution in [3.05, 3.63) is 65.7 Å². The van der Waals surface area contributed by atoms with E-state index >= 15 is 0 Å². The lowest BCUT2D eigenvalue weighted by Crippen LogP contribution is -2.08. The number of aliphatic hydroxyl groups excluding tert-OH is 1. The molecule has 0 saturated carbocycles. The van der Waals surface area contributed by atoms with Crippen molar-refractivity contribution in [3.63, 3.8) is 0 Å². The van der Waals surface area contributed by atoms with E-state index in [-0.39, 0.29) is 12.5 Å². The standard InChI is InChI=1S/C18H19NO3/c1-2-22-17-9-4-3-7-15(17)10-11-18(21)19-16-8-5-6-14(12-16)13-20/h3-12,20H,2,13H2,1H3,(H,19,21)/b11-10+. The molecule has 1 amide bonds. The highest BCUT2D eigenvalue weighted by atomic mass is 16.5. The van der Waals surface area contributed by atoms with E-state index in [1.54, 1.807) is 30.3 Å². The predicted molar refractivity (Wildman–Crippen MR) is 87.6 cm³/mol. The van der Waals surface area contributed by atoms with Crippen molar-refractivity contribution in [1.82, 2.24) is 0 Å². The van der Waals surface area contributed by atoms with Gasteiger partial charge in [0.05, 0.1) is 13.2 Å². The smallest absolute Gasteiger partial charge is 0.248 e. The molecule has 0 aliphatic carbocycles. The van der Waals surface area contributed by atoms with Gasteiger partial charge in [-0.2, -0.15) is 0 Å². The summed E-state index contributed by atoms with van der Waals surface area (Å²) in [6, 6.07) is 14.6. The van der Waals surface area contributed by atoms with E-state index in [4.69, 9.17) is 9.84 Å². The minimum atomic E-state index is -0.235. The Morgan fingerprint density at radius 1 is 1.23 bits per heavy atom. The van der Waals surface area contributed by atoms with Gasteiger partial charge >= 0.3 is 0 Å². The molecule has 2 rings (SSSR count). The van der Waals surface area contributed by atoms with Crippen molar-refractivity contribution in [2.75, 3.05) is 11.9 Å². The Morgan fingerprint density at radius 3 is 2.82 bits per heavy atom. The fourth-order valence-corrected chi connectivity index (χ4v) is 2.00. The summed E-state index contributed by atoms with van der Waals surface area (Å²) >= 11 is 0. The second-order valence-electron chi connectivity index (χ2n) is 4.65. The van der Waals surface area contributed by atoms with Crippen LogP contribution in [0, 0.1) is 0 Å². The van der Waals surface area contributed by atoms with Gasteiger partial charge in [-0.15, -0.1) is 0 Å². The molecule has 0 aliphatic heterocycles. The van der Waals surface area contributed by atoms with Gasteiger partial charge in [0, 0.05) is 17.3 Å². The molecule has 0 spiro atoms. The number of hydrogen-bond donors (Lipinski definition) is 2. The van der Waals surface area contributed by atoms with Crippen LogP contribution in [0.3, 0.4) is 0 Å². The van der Waals surface area contributed by atoms with Crippen LogP contribution in [-0.4, -0.2) is 17.6 Å². The van der Waals surface area contributed by atoms with Crippen LogP contribution in [0.1, 0.15) is 18.1 Å². The molecule has 2 aromatic carbocycles. The molecule has 0 radical (unpaired) electrons. The molecule has 0 unspecified atom stereocenters. The lowest BCUT2D eigenvalue weighted by atomic mass is 10.2. The number of anilines is 1. The molecule has 22 heavy (non-hydrogen) atoms. The van der Waals surface area contributed by atoms with E-state index < -0.39 is 0 Å². The molecule has 0 heterocycles. The Balaban J connectivity index is 2.05. The van der Waals surface area contributed by atoms with Crippen molar-refractivity contribution in [3.8, 4) is 5.75 Å². The first-order valence-electron chi connectivity index (χ1n) is 7.13. The number of hydrogen-bond acceptors (Lipinski definition) is 3. The Hall–Kier alpha value is -2.59. The Kier molecular flexibility index (Phi) is 5.74. The van der Waals surface area contributed by atoms with Crippen LogP contribution >= 0.6 is 0 Å². The van der Waals surface area contributed by atoms with Crippen LogP contribution in [0.25, 0.3) is 6.08 Å². The van der Waals surface area contributed by atoms with E-state index in [1.807, 2.05) is 31.2 Å². The summed E-state index contributed by atoms with van der Waals surface area (Å²) in [6.45, 7) is 2.44. The monoisotopic (exact) mass is 297 g/mol. The Labute approximate surface area is 130 Å². The second kappa shape index (κ2) is 8.00. The van der Waals surface area contributed by atoms with Gasteiger partial charge in [-0.3, -0.25) is 4.79 Å². The SMILES string of the molecule is CCOc1ccccc1/C=C/C(=O)Nc1cccc(CO)c1. The van der Waals surface area contributed by atoms with Gasteiger partial charge < -0.3 is 15.2 Å². The number of aliphatic hydroxyl groups is 1. The zero-order valence-electron chi connectivity index (χ0n) is 12.5. The van der Waals surface area contributed by atoms with Crippen molar-refractivity contribution in [2.24, 2.45) is 0 Å².